The number of rotatable bonds is 11. The highest BCUT2D eigenvalue weighted by Crippen LogP contribution is 2.16. The summed E-state index contributed by atoms with van der Waals surface area (Å²) < 4.78 is 15.5. The normalized spacial score (nSPS) is 10.7. The van der Waals surface area contributed by atoms with Gasteiger partial charge in [0.25, 0.3) is 0 Å². The van der Waals surface area contributed by atoms with E-state index in [2.05, 4.69) is 20.2 Å². The van der Waals surface area contributed by atoms with Gasteiger partial charge in [0, 0.05) is 47.0 Å². The van der Waals surface area contributed by atoms with Crippen LogP contribution < -0.4 is 10.2 Å². The van der Waals surface area contributed by atoms with Gasteiger partial charge >= 0.3 is 0 Å². The predicted molar refractivity (Wildman–Crippen MR) is 82.9 cm³/mol. The van der Waals surface area contributed by atoms with Gasteiger partial charge in [-0.15, -0.1) is 0 Å². The molecule has 0 fully saturated rings. The molecule has 0 saturated carbocycles. The first-order valence-corrected chi connectivity index (χ1v) is 7.08. The molecular formula is C14H26N4O3. The van der Waals surface area contributed by atoms with Gasteiger partial charge in [-0.1, -0.05) is 0 Å². The summed E-state index contributed by atoms with van der Waals surface area (Å²) in [7, 11) is 5.01. The van der Waals surface area contributed by atoms with Crippen LogP contribution in [-0.2, 0) is 20.8 Å². The Morgan fingerprint density at radius 3 is 2.24 bits per heavy atom. The average molecular weight is 298 g/mol. The Bertz CT molecular complexity index is 372. The maximum atomic E-state index is 5.16. The zero-order valence-electron chi connectivity index (χ0n) is 13.4. The Kier molecular flexibility index (Phi) is 8.65. The van der Waals surface area contributed by atoms with Crippen LogP contribution in [0.25, 0.3) is 0 Å². The number of hydrogen-bond donors (Lipinski definition) is 1. The van der Waals surface area contributed by atoms with Gasteiger partial charge in [-0.2, -0.15) is 0 Å². The molecular weight excluding hydrogens is 272 g/mol. The molecule has 1 aromatic rings. The maximum Gasteiger partial charge on any atom is 0.158 e. The van der Waals surface area contributed by atoms with Gasteiger partial charge in [-0.3, -0.25) is 0 Å². The molecule has 0 atom stereocenters. The summed E-state index contributed by atoms with van der Waals surface area (Å²) >= 11 is 0. The number of methoxy groups -OCH3 is 3. The van der Waals surface area contributed by atoms with E-state index in [-0.39, 0.29) is 0 Å². The van der Waals surface area contributed by atoms with Crippen molar-refractivity contribution >= 4 is 11.6 Å². The highest BCUT2D eigenvalue weighted by Gasteiger charge is 2.11. The smallest absolute Gasteiger partial charge is 0.158 e. The molecule has 0 aromatic carbocycles. The molecule has 1 aromatic heterocycles. The molecule has 0 aliphatic carbocycles. The zero-order chi connectivity index (χ0) is 15.5. The van der Waals surface area contributed by atoms with Crippen molar-refractivity contribution in [3.8, 4) is 0 Å². The second kappa shape index (κ2) is 10.3. The number of nitrogens with one attached hydrogen (secondary N) is 1. The molecule has 120 valence electrons. The monoisotopic (exact) mass is 298 g/mol. The van der Waals surface area contributed by atoms with E-state index in [4.69, 9.17) is 14.2 Å². The Balaban J connectivity index is 2.96. The Labute approximate surface area is 126 Å². The molecule has 1 N–H and O–H groups in total. The molecule has 21 heavy (non-hydrogen) atoms. The van der Waals surface area contributed by atoms with Gasteiger partial charge in [0.2, 0.25) is 0 Å². The molecule has 0 bridgehead atoms. The minimum Gasteiger partial charge on any atom is -0.383 e. The van der Waals surface area contributed by atoms with Crippen LogP contribution in [0, 0.1) is 0 Å². The lowest BCUT2D eigenvalue weighted by atomic mass is 10.4. The lowest BCUT2D eigenvalue weighted by Crippen LogP contribution is -2.31. The van der Waals surface area contributed by atoms with Crippen LogP contribution in [0.15, 0.2) is 6.07 Å². The van der Waals surface area contributed by atoms with Crippen molar-refractivity contribution in [2.45, 2.75) is 13.5 Å². The van der Waals surface area contributed by atoms with Crippen molar-refractivity contribution in [1.82, 2.24) is 9.97 Å². The third-order valence-corrected chi connectivity index (χ3v) is 2.84. The minimum absolute atomic E-state index is 0.384. The first-order valence-electron chi connectivity index (χ1n) is 7.08. The molecule has 0 spiro atoms. The van der Waals surface area contributed by atoms with E-state index in [1.165, 1.54) is 0 Å². The van der Waals surface area contributed by atoms with Crippen molar-refractivity contribution in [3.05, 3.63) is 11.9 Å². The van der Waals surface area contributed by atoms with Crippen LogP contribution in [0.1, 0.15) is 12.7 Å². The topological polar surface area (TPSA) is 68.7 Å². The molecule has 7 nitrogen and oxygen atoms in total. The molecule has 0 aliphatic rings. The van der Waals surface area contributed by atoms with Crippen molar-refractivity contribution in [1.29, 1.82) is 0 Å². The number of nitrogens with zero attached hydrogens (tertiary/aromatic N) is 3. The number of ether oxygens (including phenoxy) is 3. The fourth-order valence-electron chi connectivity index (χ4n) is 1.85. The summed E-state index contributed by atoms with van der Waals surface area (Å²) in [6, 6.07) is 1.94. The molecule has 1 rings (SSSR count). The molecule has 0 radical (unpaired) electrons. The molecule has 1 heterocycles. The second-order valence-electron chi connectivity index (χ2n) is 4.46. The Morgan fingerprint density at radius 2 is 1.71 bits per heavy atom. The second-order valence-corrected chi connectivity index (χ2v) is 4.46. The van der Waals surface area contributed by atoms with Gasteiger partial charge in [-0.25, -0.2) is 9.97 Å². The van der Waals surface area contributed by atoms with Gasteiger partial charge in [0.05, 0.1) is 13.2 Å². The van der Waals surface area contributed by atoms with Gasteiger partial charge < -0.3 is 24.4 Å². The average Bonchev–Trinajstić information content (AvgIpc) is 2.48. The van der Waals surface area contributed by atoms with E-state index in [1.54, 1.807) is 21.3 Å². The molecule has 0 unspecified atom stereocenters. The first-order chi connectivity index (χ1) is 10.2. The van der Waals surface area contributed by atoms with Crippen molar-refractivity contribution in [3.63, 3.8) is 0 Å². The summed E-state index contributed by atoms with van der Waals surface area (Å²) in [4.78, 5) is 11.1. The lowest BCUT2D eigenvalue weighted by molar-refractivity contribution is 0.177. The highest BCUT2D eigenvalue weighted by atomic mass is 16.5. The van der Waals surface area contributed by atoms with E-state index in [1.807, 2.05) is 13.0 Å². The van der Waals surface area contributed by atoms with Crippen LogP contribution in [0.2, 0.25) is 0 Å². The Morgan fingerprint density at radius 1 is 1.05 bits per heavy atom. The molecule has 0 aliphatic heterocycles. The van der Waals surface area contributed by atoms with Gasteiger partial charge in [-0.05, 0) is 6.92 Å². The van der Waals surface area contributed by atoms with Crippen LogP contribution in [0.5, 0.6) is 0 Å². The predicted octanol–water partition coefficient (Wildman–Crippen LogP) is 1.15. The summed E-state index contributed by atoms with van der Waals surface area (Å²) in [6.07, 6.45) is 0. The molecule has 0 saturated heterocycles. The van der Waals surface area contributed by atoms with Crippen molar-refractivity contribution in [2.75, 3.05) is 64.4 Å². The van der Waals surface area contributed by atoms with Crippen LogP contribution in [0.4, 0.5) is 11.6 Å². The number of hydrogen-bond acceptors (Lipinski definition) is 7. The van der Waals surface area contributed by atoms with Crippen LogP contribution in [-0.4, -0.2) is 64.1 Å². The van der Waals surface area contributed by atoms with Crippen LogP contribution in [0.3, 0.4) is 0 Å². The molecule has 7 heteroatoms. The standard InChI is InChI=1S/C14H26N4O3/c1-5-15-12-10-14(17-13(16-12)11-21-4)18(6-8-19-2)7-9-20-3/h10H,5-9,11H2,1-4H3,(H,15,16,17). The summed E-state index contributed by atoms with van der Waals surface area (Å²) in [6.45, 7) is 5.97. The fraction of sp³-hybridized carbons (Fsp3) is 0.714. The number of anilines is 2. The summed E-state index contributed by atoms with van der Waals surface area (Å²) in [5, 5.41) is 3.22. The zero-order valence-corrected chi connectivity index (χ0v) is 13.4. The van der Waals surface area contributed by atoms with E-state index >= 15 is 0 Å². The van der Waals surface area contributed by atoms with Gasteiger partial charge in [0.1, 0.15) is 18.2 Å². The van der Waals surface area contributed by atoms with E-state index < -0.39 is 0 Å². The van der Waals surface area contributed by atoms with Crippen molar-refractivity contribution < 1.29 is 14.2 Å². The SMILES string of the molecule is CCNc1cc(N(CCOC)CCOC)nc(COC)n1. The summed E-state index contributed by atoms with van der Waals surface area (Å²) in [5.41, 5.74) is 0. The number of aromatic nitrogens is 2. The van der Waals surface area contributed by atoms with Crippen LogP contribution >= 0.6 is 0 Å². The third-order valence-electron chi connectivity index (χ3n) is 2.84. The first kappa shape index (κ1) is 17.6. The maximum absolute atomic E-state index is 5.16. The largest absolute Gasteiger partial charge is 0.383 e. The fourth-order valence-corrected chi connectivity index (χ4v) is 1.85. The van der Waals surface area contributed by atoms with E-state index in [0.717, 1.165) is 31.3 Å². The van der Waals surface area contributed by atoms with E-state index in [9.17, 15) is 0 Å². The minimum atomic E-state index is 0.384. The quantitative estimate of drug-likeness (QED) is 0.657. The third kappa shape index (κ3) is 6.24. The Hall–Kier alpha value is -1.44. The van der Waals surface area contributed by atoms with Gasteiger partial charge in [0.15, 0.2) is 5.82 Å². The van der Waals surface area contributed by atoms with Crippen molar-refractivity contribution in [2.24, 2.45) is 0 Å². The van der Waals surface area contributed by atoms with E-state index in [0.29, 0.717) is 25.6 Å². The summed E-state index contributed by atoms with van der Waals surface area (Å²) in [5.74, 6) is 2.31. The highest BCUT2D eigenvalue weighted by molar-refractivity contribution is 5.49. The lowest BCUT2D eigenvalue weighted by Gasteiger charge is -2.24. The molecule has 0 amide bonds.